The van der Waals surface area contributed by atoms with Crippen LogP contribution in [0.4, 0.5) is 0 Å². The average Bonchev–Trinajstić information content (AvgIpc) is 2.66. The number of ether oxygens (including phenoxy) is 3. The van der Waals surface area contributed by atoms with Gasteiger partial charge in [0.25, 0.3) is 5.91 Å². The van der Waals surface area contributed by atoms with Gasteiger partial charge in [0.15, 0.2) is 0 Å². The molecular weight excluding hydrogens is 322 g/mol. The van der Waals surface area contributed by atoms with Crippen molar-refractivity contribution < 1.29 is 24.1 Å². The molecule has 1 unspecified atom stereocenters. The van der Waals surface area contributed by atoms with Gasteiger partial charge in [-0.25, -0.2) is 0 Å². The zero-order valence-corrected chi connectivity index (χ0v) is 14.6. The van der Waals surface area contributed by atoms with E-state index in [-0.39, 0.29) is 19.1 Å². The molecule has 134 valence electrons. The third-order valence-electron chi connectivity index (χ3n) is 3.72. The highest BCUT2D eigenvalue weighted by atomic mass is 16.5. The van der Waals surface area contributed by atoms with Gasteiger partial charge in [-0.2, -0.15) is 0 Å². The van der Waals surface area contributed by atoms with Gasteiger partial charge in [-0.15, -0.1) is 0 Å². The summed E-state index contributed by atoms with van der Waals surface area (Å²) in [7, 11) is 4.71. The van der Waals surface area contributed by atoms with Gasteiger partial charge in [0.2, 0.25) is 0 Å². The lowest BCUT2D eigenvalue weighted by atomic mass is 10.0. The molecule has 2 rings (SSSR count). The lowest BCUT2D eigenvalue weighted by molar-refractivity contribution is 0.0610. The van der Waals surface area contributed by atoms with E-state index in [1.165, 1.54) is 7.11 Å². The van der Waals surface area contributed by atoms with E-state index in [0.29, 0.717) is 5.56 Å². The molecular formula is C19H23NO5. The van der Waals surface area contributed by atoms with Crippen molar-refractivity contribution in [1.82, 2.24) is 5.32 Å². The Labute approximate surface area is 147 Å². The summed E-state index contributed by atoms with van der Waals surface area (Å²) in [5.41, 5.74) is 2.30. The van der Waals surface area contributed by atoms with Crippen molar-refractivity contribution in [3.8, 4) is 22.6 Å². The van der Waals surface area contributed by atoms with E-state index in [9.17, 15) is 9.90 Å². The summed E-state index contributed by atoms with van der Waals surface area (Å²) < 4.78 is 15.5. The van der Waals surface area contributed by atoms with Crippen LogP contribution < -0.4 is 14.8 Å². The van der Waals surface area contributed by atoms with E-state index in [4.69, 9.17) is 14.2 Å². The first kappa shape index (κ1) is 18.8. The number of aliphatic hydroxyl groups is 1. The first-order valence-electron chi connectivity index (χ1n) is 7.86. The van der Waals surface area contributed by atoms with E-state index >= 15 is 0 Å². The molecule has 0 fully saturated rings. The zero-order chi connectivity index (χ0) is 18.2. The summed E-state index contributed by atoms with van der Waals surface area (Å²) in [6.45, 7) is 0.312. The van der Waals surface area contributed by atoms with Gasteiger partial charge >= 0.3 is 0 Å². The van der Waals surface area contributed by atoms with Gasteiger partial charge in [0.05, 0.1) is 26.9 Å². The Bertz CT molecular complexity index is 699. The third-order valence-corrected chi connectivity index (χ3v) is 3.72. The molecule has 0 saturated carbocycles. The Morgan fingerprint density at radius 3 is 2.40 bits per heavy atom. The molecule has 0 saturated heterocycles. The van der Waals surface area contributed by atoms with Gasteiger partial charge in [-0.05, 0) is 35.9 Å². The van der Waals surface area contributed by atoms with Crippen LogP contribution in [0.3, 0.4) is 0 Å². The fourth-order valence-electron chi connectivity index (χ4n) is 2.40. The summed E-state index contributed by atoms with van der Waals surface area (Å²) in [6, 6.07) is 12.7. The topological polar surface area (TPSA) is 77.0 Å². The van der Waals surface area contributed by atoms with Crippen LogP contribution in [0.5, 0.6) is 11.5 Å². The quantitative estimate of drug-likeness (QED) is 0.766. The first-order chi connectivity index (χ1) is 12.1. The summed E-state index contributed by atoms with van der Waals surface area (Å²) >= 11 is 0. The number of carbonyl (C=O) groups is 1. The number of hydrogen-bond acceptors (Lipinski definition) is 5. The normalized spacial score (nSPS) is 11.7. The van der Waals surface area contributed by atoms with Gasteiger partial charge in [0.1, 0.15) is 11.5 Å². The lowest BCUT2D eigenvalue weighted by Crippen LogP contribution is -2.34. The Morgan fingerprint density at radius 2 is 1.80 bits per heavy atom. The number of rotatable bonds is 8. The molecule has 0 bridgehead atoms. The van der Waals surface area contributed by atoms with Gasteiger partial charge in [0, 0.05) is 24.8 Å². The van der Waals surface area contributed by atoms with Crippen LogP contribution in [-0.2, 0) is 4.74 Å². The minimum Gasteiger partial charge on any atom is -0.497 e. The molecule has 1 amide bonds. The van der Waals surface area contributed by atoms with Gasteiger partial charge in [-0.1, -0.05) is 12.1 Å². The standard InChI is InChI=1S/C19H23NO5/c1-23-12-15(21)11-20-19(22)14-6-4-13(5-7-14)17-10-16(24-2)8-9-18(17)25-3/h4-10,15,21H,11-12H2,1-3H3,(H,20,22). The monoisotopic (exact) mass is 345 g/mol. The van der Waals surface area contributed by atoms with E-state index in [1.807, 2.05) is 30.3 Å². The van der Waals surface area contributed by atoms with E-state index < -0.39 is 6.10 Å². The number of hydrogen-bond donors (Lipinski definition) is 2. The minimum absolute atomic E-state index is 0.137. The molecule has 0 aliphatic heterocycles. The van der Waals surface area contributed by atoms with Crippen molar-refractivity contribution in [3.63, 3.8) is 0 Å². The number of carbonyl (C=O) groups excluding carboxylic acids is 1. The van der Waals surface area contributed by atoms with E-state index in [0.717, 1.165) is 22.6 Å². The van der Waals surface area contributed by atoms with Gasteiger partial charge in [-0.3, -0.25) is 4.79 Å². The third kappa shape index (κ3) is 4.95. The maximum atomic E-state index is 12.1. The fraction of sp³-hybridized carbons (Fsp3) is 0.316. The summed E-state index contributed by atoms with van der Waals surface area (Å²) in [4.78, 5) is 12.1. The zero-order valence-electron chi connectivity index (χ0n) is 14.6. The Morgan fingerprint density at radius 1 is 1.08 bits per heavy atom. The second-order valence-corrected chi connectivity index (χ2v) is 5.46. The van der Waals surface area contributed by atoms with Crippen molar-refractivity contribution in [1.29, 1.82) is 0 Å². The molecule has 2 N–H and O–H groups in total. The minimum atomic E-state index is -0.728. The summed E-state index contributed by atoms with van der Waals surface area (Å²) in [5, 5.41) is 12.2. The summed E-state index contributed by atoms with van der Waals surface area (Å²) in [5.74, 6) is 1.20. The Balaban J connectivity index is 2.13. The molecule has 25 heavy (non-hydrogen) atoms. The van der Waals surface area contributed by atoms with Crippen LogP contribution in [0, 0.1) is 0 Å². The van der Waals surface area contributed by atoms with Crippen molar-refractivity contribution in [2.75, 3.05) is 34.5 Å². The Kier molecular flexibility index (Phi) is 6.80. The highest BCUT2D eigenvalue weighted by Crippen LogP contribution is 2.33. The van der Waals surface area contributed by atoms with Crippen molar-refractivity contribution >= 4 is 5.91 Å². The molecule has 0 radical (unpaired) electrons. The van der Waals surface area contributed by atoms with Crippen molar-refractivity contribution in [2.24, 2.45) is 0 Å². The molecule has 2 aromatic rings. The number of nitrogens with one attached hydrogen (secondary N) is 1. The van der Waals surface area contributed by atoms with Crippen LogP contribution in [0.15, 0.2) is 42.5 Å². The van der Waals surface area contributed by atoms with Crippen LogP contribution in [0.25, 0.3) is 11.1 Å². The van der Waals surface area contributed by atoms with Crippen LogP contribution in [0.1, 0.15) is 10.4 Å². The molecule has 6 heteroatoms. The maximum absolute atomic E-state index is 12.1. The van der Waals surface area contributed by atoms with Crippen LogP contribution >= 0.6 is 0 Å². The van der Waals surface area contributed by atoms with E-state index in [2.05, 4.69) is 5.32 Å². The van der Waals surface area contributed by atoms with Gasteiger partial charge < -0.3 is 24.6 Å². The highest BCUT2D eigenvalue weighted by Gasteiger charge is 2.11. The molecule has 0 aliphatic rings. The smallest absolute Gasteiger partial charge is 0.251 e. The molecule has 0 aliphatic carbocycles. The molecule has 2 aromatic carbocycles. The molecule has 0 aromatic heterocycles. The Hall–Kier alpha value is -2.57. The largest absolute Gasteiger partial charge is 0.497 e. The molecule has 0 spiro atoms. The first-order valence-corrected chi connectivity index (χ1v) is 7.86. The number of benzene rings is 2. The number of amides is 1. The second kappa shape index (κ2) is 9.05. The van der Waals surface area contributed by atoms with Crippen molar-refractivity contribution in [3.05, 3.63) is 48.0 Å². The maximum Gasteiger partial charge on any atom is 0.251 e. The van der Waals surface area contributed by atoms with Crippen molar-refractivity contribution in [2.45, 2.75) is 6.10 Å². The SMILES string of the molecule is COCC(O)CNC(=O)c1ccc(-c2cc(OC)ccc2OC)cc1. The predicted molar refractivity (Wildman–Crippen MR) is 95.2 cm³/mol. The summed E-state index contributed by atoms with van der Waals surface area (Å²) in [6.07, 6.45) is -0.728. The average molecular weight is 345 g/mol. The van der Waals surface area contributed by atoms with E-state index in [1.54, 1.807) is 26.4 Å². The molecule has 6 nitrogen and oxygen atoms in total. The predicted octanol–water partition coefficient (Wildman–Crippen LogP) is 2.11. The molecule has 1 atom stereocenters. The van der Waals surface area contributed by atoms with Crippen LogP contribution in [0.2, 0.25) is 0 Å². The lowest BCUT2D eigenvalue weighted by Gasteiger charge is -2.12. The highest BCUT2D eigenvalue weighted by molar-refractivity contribution is 5.94. The fourth-order valence-corrected chi connectivity index (χ4v) is 2.40. The second-order valence-electron chi connectivity index (χ2n) is 5.46. The number of aliphatic hydroxyl groups excluding tert-OH is 1. The number of methoxy groups -OCH3 is 3. The van der Waals surface area contributed by atoms with Crippen LogP contribution in [-0.4, -0.2) is 51.6 Å². The molecule has 0 heterocycles.